The second-order valence-corrected chi connectivity index (χ2v) is 7.88. The highest BCUT2D eigenvalue weighted by molar-refractivity contribution is 7.92. The van der Waals surface area contributed by atoms with Gasteiger partial charge in [-0.05, 0) is 39.0 Å². The Labute approximate surface area is 130 Å². The van der Waals surface area contributed by atoms with Gasteiger partial charge in [0.05, 0.1) is 23.5 Å². The van der Waals surface area contributed by atoms with Crippen LogP contribution < -0.4 is 15.4 Å². The number of sulfonamides is 1. The van der Waals surface area contributed by atoms with Crippen LogP contribution in [0.4, 0.5) is 11.4 Å². The number of amides is 1. The first kappa shape index (κ1) is 17.7. The summed E-state index contributed by atoms with van der Waals surface area (Å²) in [6, 6.07) is 4.56. The van der Waals surface area contributed by atoms with Crippen LogP contribution in [0, 0.1) is 0 Å². The van der Waals surface area contributed by atoms with Crippen molar-refractivity contribution in [2.24, 2.45) is 0 Å². The third kappa shape index (κ3) is 7.31. The van der Waals surface area contributed by atoms with E-state index in [0.717, 1.165) is 6.26 Å². The Kier molecular flexibility index (Phi) is 5.61. The molecule has 0 fully saturated rings. The van der Waals surface area contributed by atoms with Gasteiger partial charge in [-0.2, -0.15) is 0 Å². The Morgan fingerprint density at radius 2 is 1.90 bits per heavy atom. The minimum Gasteiger partial charge on any atom is -0.325 e. The standard InChI is InChI=1S/C13H20ClN3O3S/c1-13(2,3)15-8-12(18)16-9-5-6-11(10(14)7-9)17-21(4,19)20/h5-7,15,17H,8H2,1-4H3,(H,16,18). The van der Waals surface area contributed by atoms with Crippen molar-refractivity contribution in [1.82, 2.24) is 5.32 Å². The van der Waals surface area contributed by atoms with Crippen LogP contribution in [0.3, 0.4) is 0 Å². The molecule has 0 radical (unpaired) electrons. The number of nitrogens with one attached hydrogen (secondary N) is 3. The molecule has 0 aromatic heterocycles. The zero-order valence-corrected chi connectivity index (χ0v) is 14.0. The molecule has 1 rings (SSSR count). The van der Waals surface area contributed by atoms with Crippen molar-refractivity contribution in [3.05, 3.63) is 23.2 Å². The van der Waals surface area contributed by atoms with E-state index in [4.69, 9.17) is 11.6 Å². The second-order valence-electron chi connectivity index (χ2n) is 5.72. The third-order valence-electron chi connectivity index (χ3n) is 2.33. The highest BCUT2D eigenvalue weighted by Crippen LogP contribution is 2.26. The highest BCUT2D eigenvalue weighted by Gasteiger charge is 2.12. The van der Waals surface area contributed by atoms with Crippen LogP contribution in [0.5, 0.6) is 0 Å². The van der Waals surface area contributed by atoms with Gasteiger partial charge in [-0.15, -0.1) is 0 Å². The van der Waals surface area contributed by atoms with Gasteiger partial charge in [0.25, 0.3) is 0 Å². The highest BCUT2D eigenvalue weighted by atomic mass is 35.5. The normalized spacial score (nSPS) is 12.0. The van der Waals surface area contributed by atoms with Crippen LogP contribution in [-0.2, 0) is 14.8 Å². The Morgan fingerprint density at radius 3 is 2.38 bits per heavy atom. The van der Waals surface area contributed by atoms with Crippen LogP contribution in [0.2, 0.25) is 5.02 Å². The zero-order chi connectivity index (χ0) is 16.3. The number of hydrogen-bond donors (Lipinski definition) is 3. The van der Waals surface area contributed by atoms with Gasteiger partial charge in [-0.25, -0.2) is 8.42 Å². The van der Waals surface area contributed by atoms with Crippen molar-refractivity contribution in [3.8, 4) is 0 Å². The van der Waals surface area contributed by atoms with Gasteiger partial charge in [-0.1, -0.05) is 11.6 Å². The smallest absolute Gasteiger partial charge is 0.238 e. The molecule has 0 heterocycles. The summed E-state index contributed by atoms with van der Waals surface area (Å²) in [5, 5.41) is 5.95. The average Bonchev–Trinajstić information content (AvgIpc) is 2.28. The minimum atomic E-state index is -3.39. The van der Waals surface area contributed by atoms with E-state index < -0.39 is 10.0 Å². The number of carbonyl (C=O) groups is 1. The lowest BCUT2D eigenvalue weighted by Gasteiger charge is -2.20. The van der Waals surface area contributed by atoms with Crippen molar-refractivity contribution in [2.45, 2.75) is 26.3 Å². The molecule has 0 saturated carbocycles. The van der Waals surface area contributed by atoms with Crippen LogP contribution >= 0.6 is 11.6 Å². The third-order valence-corrected chi connectivity index (χ3v) is 3.23. The molecule has 0 aliphatic carbocycles. The molecule has 6 nitrogen and oxygen atoms in total. The van der Waals surface area contributed by atoms with Gasteiger partial charge in [0, 0.05) is 11.2 Å². The average molecular weight is 334 g/mol. The molecule has 0 spiro atoms. The summed E-state index contributed by atoms with van der Waals surface area (Å²) in [5.74, 6) is -0.204. The number of benzene rings is 1. The van der Waals surface area contributed by atoms with E-state index in [1.807, 2.05) is 20.8 Å². The molecule has 118 valence electrons. The second kappa shape index (κ2) is 6.64. The van der Waals surface area contributed by atoms with Crippen molar-refractivity contribution >= 4 is 38.9 Å². The summed E-state index contributed by atoms with van der Waals surface area (Å²) in [7, 11) is -3.39. The van der Waals surface area contributed by atoms with Crippen LogP contribution in [0.25, 0.3) is 0 Å². The molecule has 0 unspecified atom stereocenters. The summed E-state index contributed by atoms with van der Waals surface area (Å²) in [5.41, 5.74) is 0.614. The summed E-state index contributed by atoms with van der Waals surface area (Å²) in [6.07, 6.45) is 1.04. The van der Waals surface area contributed by atoms with Crippen molar-refractivity contribution in [1.29, 1.82) is 0 Å². The van der Waals surface area contributed by atoms with Crippen LogP contribution in [0.15, 0.2) is 18.2 Å². The first-order valence-electron chi connectivity index (χ1n) is 6.28. The first-order chi connectivity index (χ1) is 9.46. The summed E-state index contributed by atoms with van der Waals surface area (Å²) >= 11 is 5.97. The lowest BCUT2D eigenvalue weighted by Crippen LogP contribution is -2.41. The van der Waals surface area contributed by atoms with Gasteiger partial charge in [0.15, 0.2) is 0 Å². The van der Waals surface area contributed by atoms with E-state index in [1.165, 1.54) is 12.1 Å². The van der Waals surface area contributed by atoms with E-state index >= 15 is 0 Å². The molecule has 8 heteroatoms. The van der Waals surface area contributed by atoms with E-state index in [9.17, 15) is 13.2 Å². The Morgan fingerprint density at radius 1 is 1.29 bits per heavy atom. The van der Waals surface area contributed by atoms with E-state index in [2.05, 4.69) is 15.4 Å². The molecule has 21 heavy (non-hydrogen) atoms. The monoisotopic (exact) mass is 333 g/mol. The van der Waals surface area contributed by atoms with Crippen molar-refractivity contribution in [2.75, 3.05) is 22.8 Å². The van der Waals surface area contributed by atoms with Crippen molar-refractivity contribution < 1.29 is 13.2 Å². The predicted octanol–water partition coefficient (Wildman–Crippen LogP) is 2.04. The van der Waals surface area contributed by atoms with E-state index in [1.54, 1.807) is 6.07 Å². The lowest BCUT2D eigenvalue weighted by molar-refractivity contribution is -0.115. The zero-order valence-electron chi connectivity index (χ0n) is 12.5. The lowest BCUT2D eigenvalue weighted by atomic mass is 10.1. The van der Waals surface area contributed by atoms with Crippen molar-refractivity contribution in [3.63, 3.8) is 0 Å². The molecule has 1 amide bonds. The number of hydrogen-bond acceptors (Lipinski definition) is 4. The quantitative estimate of drug-likeness (QED) is 0.769. The SMILES string of the molecule is CC(C)(C)NCC(=O)Nc1ccc(NS(C)(=O)=O)c(Cl)c1. The fraction of sp³-hybridized carbons (Fsp3) is 0.462. The fourth-order valence-corrected chi connectivity index (χ4v) is 2.29. The Hall–Kier alpha value is -1.31. The summed E-state index contributed by atoms with van der Waals surface area (Å²) in [6.45, 7) is 6.05. The molecule has 1 aromatic rings. The molecule has 0 aliphatic heterocycles. The summed E-state index contributed by atoms with van der Waals surface area (Å²) < 4.78 is 24.6. The Balaban J connectivity index is 2.70. The van der Waals surface area contributed by atoms with Crippen LogP contribution in [-0.4, -0.2) is 32.7 Å². The van der Waals surface area contributed by atoms with Gasteiger partial charge in [0.1, 0.15) is 0 Å². The molecular weight excluding hydrogens is 314 g/mol. The number of anilines is 2. The van der Waals surface area contributed by atoms with E-state index in [0.29, 0.717) is 5.69 Å². The molecule has 0 bridgehead atoms. The van der Waals surface area contributed by atoms with Gasteiger partial charge in [-0.3, -0.25) is 9.52 Å². The predicted molar refractivity (Wildman–Crippen MR) is 86.3 cm³/mol. The van der Waals surface area contributed by atoms with Gasteiger partial charge < -0.3 is 10.6 Å². The maximum absolute atomic E-state index is 11.8. The summed E-state index contributed by atoms with van der Waals surface area (Å²) in [4.78, 5) is 11.8. The van der Waals surface area contributed by atoms with Gasteiger partial charge in [0.2, 0.25) is 15.9 Å². The molecule has 1 aromatic carbocycles. The Bertz CT molecular complexity index is 624. The maximum atomic E-state index is 11.8. The largest absolute Gasteiger partial charge is 0.325 e. The van der Waals surface area contributed by atoms with E-state index in [-0.39, 0.29) is 28.7 Å². The molecular formula is C13H20ClN3O3S. The molecule has 0 aliphatic rings. The number of rotatable bonds is 5. The topological polar surface area (TPSA) is 87.3 Å². The maximum Gasteiger partial charge on any atom is 0.238 e. The fourth-order valence-electron chi connectivity index (χ4n) is 1.43. The number of halogens is 1. The molecule has 0 atom stereocenters. The molecule has 3 N–H and O–H groups in total. The van der Waals surface area contributed by atoms with Gasteiger partial charge >= 0.3 is 0 Å². The minimum absolute atomic E-state index is 0.155. The molecule has 0 saturated heterocycles. The van der Waals surface area contributed by atoms with Crippen LogP contribution in [0.1, 0.15) is 20.8 Å². The number of carbonyl (C=O) groups excluding carboxylic acids is 1. The first-order valence-corrected chi connectivity index (χ1v) is 8.55.